The number of urea groups is 1. The summed E-state index contributed by atoms with van der Waals surface area (Å²) in [5.41, 5.74) is -0.425. The van der Waals surface area contributed by atoms with E-state index in [4.69, 9.17) is 5.90 Å². The van der Waals surface area contributed by atoms with Crippen molar-refractivity contribution in [3.63, 3.8) is 0 Å². The number of nitrogens with zero attached hydrogens (tertiary/aromatic N) is 2. The van der Waals surface area contributed by atoms with Crippen LogP contribution in [0.1, 0.15) is 25.1 Å². The number of nitrogens with one attached hydrogen (secondary N) is 3. The Morgan fingerprint density at radius 2 is 2.00 bits per heavy atom. The van der Waals surface area contributed by atoms with Crippen molar-refractivity contribution in [2.75, 3.05) is 5.32 Å². The van der Waals surface area contributed by atoms with Gasteiger partial charge in [-0.1, -0.05) is 13.8 Å². The normalized spacial score (nSPS) is 11.1. The summed E-state index contributed by atoms with van der Waals surface area (Å²) in [5.74, 6) is 4.90. The number of rotatable bonds is 6. The van der Waals surface area contributed by atoms with Gasteiger partial charge < -0.3 is 15.5 Å². The van der Waals surface area contributed by atoms with Gasteiger partial charge in [-0.25, -0.2) is 4.79 Å². The van der Waals surface area contributed by atoms with Crippen LogP contribution < -0.4 is 21.8 Å². The van der Waals surface area contributed by atoms with Crippen molar-refractivity contribution in [3.8, 4) is 0 Å². The van der Waals surface area contributed by atoms with E-state index in [1.165, 1.54) is 6.20 Å². The van der Waals surface area contributed by atoms with Crippen LogP contribution in [-0.4, -0.2) is 16.0 Å². The molecule has 0 unspecified atom stereocenters. The second-order valence-corrected chi connectivity index (χ2v) is 5.93. The van der Waals surface area contributed by atoms with Gasteiger partial charge in [0.05, 0.1) is 35.9 Å². The summed E-state index contributed by atoms with van der Waals surface area (Å²) in [6, 6.07) is 3.46. The molecule has 0 aromatic carbocycles. The first-order valence-electron chi connectivity index (χ1n) is 8.29. The highest BCUT2D eigenvalue weighted by Crippen LogP contribution is 2.29. The van der Waals surface area contributed by atoms with Crippen molar-refractivity contribution in [1.29, 1.82) is 0 Å². The molecule has 8 nitrogen and oxygen atoms in total. The smallest absolute Gasteiger partial charge is 0.391 e. The first-order chi connectivity index (χ1) is 13.8. The minimum absolute atomic E-state index is 0.147. The van der Waals surface area contributed by atoms with Crippen LogP contribution in [0.15, 0.2) is 53.3 Å². The van der Waals surface area contributed by atoms with E-state index in [9.17, 15) is 18.0 Å². The van der Waals surface area contributed by atoms with Crippen LogP contribution in [0.5, 0.6) is 0 Å². The number of alkyl halides is 3. The van der Waals surface area contributed by atoms with Crippen molar-refractivity contribution >= 4 is 27.6 Å². The Balaban J connectivity index is 0.00000204. The molecule has 0 saturated carbocycles. The van der Waals surface area contributed by atoms with Crippen LogP contribution in [0.2, 0.25) is 0 Å². The lowest BCUT2D eigenvalue weighted by molar-refractivity contribution is -0.137. The lowest BCUT2D eigenvalue weighted by Crippen LogP contribution is -2.31. The number of hydrogen-bond acceptors (Lipinski definition) is 6. The van der Waals surface area contributed by atoms with Gasteiger partial charge in [0.1, 0.15) is 0 Å². The maximum Gasteiger partial charge on any atom is 0.417 e. The molecule has 0 aliphatic heterocycles. The number of carbonyl (C=O) groups is 1. The molecule has 12 heteroatoms. The molecule has 0 atom stereocenters. The first-order valence-corrected chi connectivity index (χ1v) is 9.08. The molecule has 29 heavy (non-hydrogen) atoms. The summed E-state index contributed by atoms with van der Waals surface area (Å²) in [7, 11) is 0. The second kappa shape index (κ2) is 11.9. The summed E-state index contributed by atoms with van der Waals surface area (Å²) < 4.78 is 38.8. The van der Waals surface area contributed by atoms with E-state index in [1.807, 2.05) is 19.9 Å². The number of anilines is 1. The third kappa shape index (κ3) is 8.79. The van der Waals surface area contributed by atoms with Crippen LogP contribution in [0, 0.1) is 0 Å². The number of halogens is 4. The van der Waals surface area contributed by atoms with Gasteiger partial charge in [-0.2, -0.15) is 19.1 Å². The standard InChI is InChI=1S/C15H14BrF3N6O2.C2H6/c16-10-1-2-11(23-5-10)6-22-8-13(27-20)25-14(26)24-12-3-9(4-21-7-12)15(17,18)19;1-2/h1-5,7-8,22H,6,20H2,(H2,24,25,26);1-2H3/b13-8-;. The van der Waals surface area contributed by atoms with Gasteiger partial charge in [-0.05, 0) is 34.1 Å². The third-order valence-corrected chi connectivity index (χ3v) is 3.46. The summed E-state index contributed by atoms with van der Waals surface area (Å²) >= 11 is 3.26. The molecule has 5 N–H and O–H groups in total. The SMILES string of the molecule is CC.NO/C(=C\NCc1ccc(Br)cn1)NC(=O)Nc1cncc(C(F)(F)F)c1. The van der Waals surface area contributed by atoms with Crippen LogP contribution in [0.4, 0.5) is 23.7 Å². The van der Waals surface area contributed by atoms with Crippen LogP contribution in [0.3, 0.4) is 0 Å². The average Bonchev–Trinajstić information content (AvgIpc) is 2.69. The molecule has 2 aromatic rings. The number of aromatic nitrogens is 2. The Morgan fingerprint density at radius 3 is 2.59 bits per heavy atom. The van der Waals surface area contributed by atoms with Gasteiger partial charge in [0.25, 0.3) is 0 Å². The number of pyridine rings is 2. The summed E-state index contributed by atoms with van der Waals surface area (Å²) in [6.07, 6.45) is 0.0393. The number of nitrogens with two attached hydrogens (primary N) is 1. The Bertz CT molecular complexity index is 816. The van der Waals surface area contributed by atoms with Crippen molar-refractivity contribution in [1.82, 2.24) is 20.6 Å². The molecule has 0 saturated heterocycles. The molecule has 158 valence electrons. The molecular formula is C17H20BrF3N6O2. The maximum atomic E-state index is 12.6. The zero-order valence-electron chi connectivity index (χ0n) is 15.5. The van der Waals surface area contributed by atoms with Crippen LogP contribution >= 0.6 is 15.9 Å². The van der Waals surface area contributed by atoms with E-state index in [0.29, 0.717) is 18.4 Å². The van der Waals surface area contributed by atoms with Crippen LogP contribution in [0.25, 0.3) is 0 Å². The largest absolute Gasteiger partial charge is 0.417 e. The third-order valence-electron chi connectivity index (χ3n) is 2.99. The lowest BCUT2D eigenvalue weighted by Gasteiger charge is -2.11. The van der Waals surface area contributed by atoms with Gasteiger partial charge in [0.2, 0.25) is 5.88 Å². The van der Waals surface area contributed by atoms with E-state index in [-0.39, 0.29) is 11.6 Å². The molecule has 0 spiro atoms. The molecule has 0 aliphatic carbocycles. The van der Waals surface area contributed by atoms with Crippen molar-refractivity contribution in [2.45, 2.75) is 26.6 Å². The highest BCUT2D eigenvalue weighted by atomic mass is 79.9. The fraction of sp³-hybridized carbons (Fsp3) is 0.235. The number of amides is 2. The Hall–Kier alpha value is -2.86. The molecule has 2 rings (SSSR count). The molecular weight excluding hydrogens is 457 g/mol. The monoisotopic (exact) mass is 476 g/mol. The summed E-state index contributed by atoms with van der Waals surface area (Å²) in [5, 5.41) is 7.25. The molecule has 2 heterocycles. The average molecular weight is 477 g/mol. The fourth-order valence-electron chi connectivity index (χ4n) is 1.80. The van der Waals surface area contributed by atoms with E-state index < -0.39 is 17.8 Å². The highest BCUT2D eigenvalue weighted by molar-refractivity contribution is 9.10. The van der Waals surface area contributed by atoms with Crippen molar-refractivity contribution in [2.24, 2.45) is 5.90 Å². The van der Waals surface area contributed by atoms with E-state index in [2.05, 4.69) is 46.7 Å². The Kier molecular flexibility index (Phi) is 9.89. The zero-order chi connectivity index (χ0) is 21.9. The Labute approximate surface area is 173 Å². The van der Waals surface area contributed by atoms with Crippen molar-refractivity contribution in [3.05, 3.63) is 64.6 Å². The van der Waals surface area contributed by atoms with E-state index in [0.717, 1.165) is 16.7 Å². The van der Waals surface area contributed by atoms with Gasteiger partial charge in [-0.15, -0.1) is 0 Å². The van der Waals surface area contributed by atoms with Gasteiger partial charge in [0, 0.05) is 16.9 Å². The van der Waals surface area contributed by atoms with Crippen molar-refractivity contribution < 1.29 is 22.8 Å². The summed E-state index contributed by atoms with van der Waals surface area (Å²) in [6.45, 7) is 4.32. The molecule has 0 radical (unpaired) electrons. The minimum Gasteiger partial charge on any atom is -0.391 e. The fourth-order valence-corrected chi connectivity index (χ4v) is 2.03. The molecule has 2 amide bonds. The van der Waals surface area contributed by atoms with Gasteiger partial charge in [0.15, 0.2) is 0 Å². The molecule has 0 aliphatic rings. The number of hydrogen-bond donors (Lipinski definition) is 4. The summed E-state index contributed by atoms with van der Waals surface area (Å²) in [4.78, 5) is 23.9. The molecule has 2 aromatic heterocycles. The first kappa shape index (κ1) is 24.2. The maximum absolute atomic E-state index is 12.6. The van der Waals surface area contributed by atoms with Gasteiger partial charge in [-0.3, -0.25) is 15.3 Å². The molecule has 0 bridgehead atoms. The van der Waals surface area contributed by atoms with E-state index >= 15 is 0 Å². The second-order valence-electron chi connectivity index (χ2n) is 5.01. The number of carbonyl (C=O) groups excluding carboxylic acids is 1. The zero-order valence-corrected chi connectivity index (χ0v) is 17.1. The highest BCUT2D eigenvalue weighted by Gasteiger charge is 2.31. The Morgan fingerprint density at radius 1 is 1.28 bits per heavy atom. The predicted molar refractivity (Wildman–Crippen MR) is 105 cm³/mol. The van der Waals surface area contributed by atoms with Gasteiger partial charge >= 0.3 is 12.2 Å². The topological polar surface area (TPSA) is 114 Å². The van der Waals surface area contributed by atoms with Crippen LogP contribution in [-0.2, 0) is 17.6 Å². The minimum atomic E-state index is -4.57. The lowest BCUT2D eigenvalue weighted by atomic mass is 10.2. The predicted octanol–water partition coefficient (Wildman–Crippen LogP) is 3.88. The van der Waals surface area contributed by atoms with E-state index in [1.54, 1.807) is 12.3 Å². The quantitative estimate of drug-likeness (QED) is 0.371. The molecule has 0 fully saturated rings.